The van der Waals surface area contributed by atoms with Gasteiger partial charge in [0.15, 0.2) is 0 Å². The van der Waals surface area contributed by atoms with Gasteiger partial charge >= 0.3 is 13.1 Å². The van der Waals surface area contributed by atoms with E-state index in [0.717, 1.165) is 0 Å². The molecular weight excluding hydrogens is 343 g/mol. The van der Waals surface area contributed by atoms with Crippen LogP contribution >= 0.6 is 0 Å². The van der Waals surface area contributed by atoms with Crippen LogP contribution in [-0.2, 0) is 33.1 Å². The lowest BCUT2D eigenvalue weighted by Crippen LogP contribution is -2.41. The maximum atomic E-state index is 10.2. The Balaban J connectivity index is 1.89. The summed E-state index contributed by atoms with van der Waals surface area (Å²) in [5, 5.41) is 8.37. The van der Waals surface area contributed by atoms with Crippen molar-refractivity contribution in [2.75, 3.05) is 52.9 Å². The average molecular weight is 374 g/mol. The van der Waals surface area contributed by atoms with Crippen molar-refractivity contribution >= 4 is 13.1 Å². The molecule has 0 aliphatic carbocycles. The van der Waals surface area contributed by atoms with Crippen molar-refractivity contribution in [1.82, 2.24) is 0 Å². The molecule has 0 aromatic heterocycles. The van der Waals surface area contributed by atoms with Crippen molar-refractivity contribution in [3.8, 4) is 0 Å². The molecule has 0 aromatic carbocycles. The molecule has 8 nitrogen and oxygen atoms in total. The lowest BCUT2D eigenvalue weighted by atomic mass is 9.90. The fraction of sp³-hybridized carbons (Fsp3) is 0.824. The van der Waals surface area contributed by atoms with Crippen LogP contribution in [0.4, 0.5) is 0 Å². The van der Waals surface area contributed by atoms with Crippen LogP contribution in [0.5, 0.6) is 0 Å². The van der Waals surface area contributed by atoms with Gasteiger partial charge in [-0.05, 0) is 27.7 Å². The van der Waals surface area contributed by atoms with E-state index in [1.54, 1.807) is 0 Å². The van der Waals surface area contributed by atoms with Crippen molar-refractivity contribution in [2.45, 2.75) is 38.9 Å². The Kier molecular flexibility index (Phi) is 10.4. The summed E-state index contributed by atoms with van der Waals surface area (Å²) in [5.41, 5.74) is -0.664. The molecule has 1 N–H and O–H groups in total. The summed E-state index contributed by atoms with van der Waals surface area (Å²) >= 11 is 0. The van der Waals surface area contributed by atoms with Gasteiger partial charge in [-0.3, -0.25) is 0 Å². The second-order valence-electron chi connectivity index (χ2n) is 6.80. The van der Waals surface area contributed by atoms with E-state index in [2.05, 4.69) is 0 Å². The first-order valence-corrected chi connectivity index (χ1v) is 8.80. The summed E-state index contributed by atoms with van der Waals surface area (Å²) in [5.74, 6) is 0.872. The summed E-state index contributed by atoms with van der Waals surface area (Å²) in [6.07, 6.45) is 1.88. The van der Waals surface area contributed by atoms with Gasteiger partial charge in [0.1, 0.15) is 6.61 Å². The SMILES string of the molecule is CC1(C)OB(/C=C/COCCOCCOCCOCC(=O)O)OC1(C)C. The van der Waals surface area contributed by atoms with Gasteiger partial charge in [-0.1, -0.05) is 12.1 Å². The van der Waals surface area contributed by atoms with Crippen molar-refractivity contribution in [3.05, 3.63) is 12.1 Å². The molecule has 0 radical (unpaired) electrons. The number of ether oxygens (including phenoxy) is 4. The predicted octanol–water partition coefficient (Wildman–Crippen LogP) is 1.33. The molecule has 1 rings (SSSR count). The minimum Gasteiger partial charge on any atom is -0.480 e. The van der Waals surface area contributed by atoms with Crippen LogP contribution in [0.1, 0.15) is 27.7 Å². The Bertz CT molecular complexity index is 422. The molecule has 1 fully saturated rings. The highest BCUT2D eigenvalue weighted by atomic mass is 16.7. The molecule has 0 bridgehead atoms. The van der Waals surface area contributed by atoms with Gasteiger partial charge in [0.2, 0.25) is 0 Å². The summed E-state index contributed by atoms with van der Waals surface area (Å²) in [6.45, 7) is 10.7. The Morgan fingerprint density at radius 1 is 0.885 bits per heavy atom. The van der Waals surface area contributed by atoms with Crippen LogP contribution < -0.4 is 0 Å². The van der Waals surface area contributed by atoms with E-state index >= 15 is 0 Å². The molecule has 9 heteroatoms. The number of carboxylic acid groups (broad SMARTS) is 1. The first-order chi connectivity index (χ1) is 12.2. The molecule has 150 valence electrons. The molecule has 26 heavy (non-hydrogen) atoms. The van der Waals surface area contributed by atoms with Crippen molar-refractivity contribution < 1.29 is 38.2 Å². The number of carboxylic acids is 1. The van der Waals surface area contributed by atoms with Crippen LogP contribution in [0.25, 0.3) is 0 Å². The Morgan fingerprint density at radius 2 is 1.35 bits per heavy atom. The third kappa shape index (κ3) is 9.11. The van der Waals surface area contributed by atoms with Gasteiger partial charge < -0.3 is 33.4 Å². The van der Waals surface area contributed by atoms with Gasteiger partial charge in [0.25, 0.3) is 0 Å². The van der Waals surface area contributed by atoms with E-state index in [9.17, 15) is 4.79 Å². The monoisotopic (exact) mass is 374 g/mol. The van der Waals surface area contributed by atoms with Crippen LogP contribution in [-0.4, -0.2) is 82.3 Å². The fourth-order valence-corrected chi connectivity index (χ4v) is 2.00. The Hall–Kier alpha value is -0.965. The first kappa shape index (κ1) is 23.1. The fourth-order valence-electron chi connectivity index (χ4n) is 2.00. The normalized spacial score (nSPS) is 18.7. The van der Waals surface area contributed by atoms with E-state index in [4.69, 9.17) is 33.4 Å². The van der Waals surface area contributed by atoms with Gasteiger partial charge in [-0.15, -0.1) is 0 Å². The smallest absolute Gasteiger partial charge is 0.480 e. The molecule has 1 saturated heterocycles. The highest BCUT2D eigenvalue weighted by Crippen LogP contribution is 2.36. The van der Waals surface area contributed by atoms with Gasteiger partial charge in [0.05, 0.1) is 57.5 Å². The Morgan fingerprint density at radius 3 is 1.85 bits per heavy atom. The second kappa shape index (κ2) is 11.7. The molecule has 1 aliphatic rings. The molecule has 0 aromatic rings. The quantitative estimate of drug-likeness (QED) is 0.360. The highest BCUT2D eigenvalue weighted by Gasteiger charge is 2.49. The van der Waals surface area contributed by atoms with Crippen LogP contribution in [0, 0.1) is 0 Å². The maximum Gasteiger partial charge on any atom is 0.486 e. The minimum absolute atomic E-state index is 0.254. The number of aliphatic carboxylic acids is 1. The van der Waals surface area contributed by atoms with E-state index in [1.807, 2.05) is 39.7 Å². The topological polar surface area (TPSA) is 92.7 Å². The van der Waals surface area contributed by atoms with Gasteiger partial charge in [-0.2, -0.15) is 0 Å². The van der Waals surface area contributed by atoms with E-state index < -0.39 is 5.97 Å². The molecule has 0 saturated carbocycles. The molecule has 0 unspecified atom stereocenters. The third-order valence-electron chi connectivity index (χ3n) is 4.12. The summed E-state index contributed by atoms with van der Waals surface area (Å²) in [6, 6.07) is 0. The van der Waals surface area contributed by atoms with Gasteiger partial charge in [-0.25, -0.2) is 4.79 Å². The van der Waals surface area contributed by atoms with Crippen LogP contribution in [0.15, 0.2) is 12.1 Å². The second-order valence-corrected chi connectivity index (χ2v) is 6.80. The van der Waals surface area contributed by atoms with E-state index in [-0.39, 0.29) is 31.5 Å². The van der Waals surface area contributed by atoms with Crippen LogP contribution in [0.3, 0.4) is 0 Å². The zero-order valence-electron chi connectivity index (χ0n) is 16.2. The Labute approximate surface area is 155 Å². The standard InChI is InChI=1S/C17H31BO8/c1-16(2)17(3,4)26-18(25-16)6-5-7-21-8-9-22-10-11-23-12-13-24-14-15(19)20/h5-6H,7-14H2,1-4H3,(H,19,20)/b6-5+. The average Bonchev–Trinajstić information content (AvgIpc) is 2.74. The molecule has 0 spiro atoms. The maximum absolute atomic E-state index is 10.2. The number of carbonyl (C=O) groups is 1. The van der Waals surface area contributed by atoms with Crippen molar-refractivity contribution in [1.29, 1.82) is 0 Å². The van der Waals surface area contributed by atoms with Crippen LogP contribution in [0.2, 0.25) is 0 Å². The molecule has 1 heterocycles. The van der Waals surface area contributed by atoms with Gasteiger partial charge in [0, 0.05) is 0 Å². The van der Waals surface area contributed by atoms with E-state index in [0.29, 0.717) is 39.6 Å². The molecular formula is C17H31BO8. The first-order valence-electron chi connectivity index (χ1n) is 8.80. The molecule has 0 atom stereocenters. The lowest BCUT2D eigenvalue weighted by Gasteiger charge is -2.32. The van der Waals surface area contributed by atoms with Crippen molar-refractivity contribution in [2.24, 2.45) is 0 Å². The number of hydrogen-bond donors (Lipinski definition) is 1. The summed E-state index contributed by atoms with van der Waals surface area (Å²) < 4.78 is 32.5. The minimum atomic E-state index is -0.987. The third-order valence-corrected chi connectivity index (χ3v) is 4.12. The zero-order chi connectivity index (χ0) is 19.5. The predicted molar refractivity (Wildman–Crippen MR) is 96.1 cm³/mol. The highest BCUT2D eigenvalue weighted by molar-refractivity contribution is 6.51. The lowest BCUT2D eigenvalue weighted by molar-refractivity contribution is -0.142. The number of rotatable bonds is 14. The summed E-state index contributed by atoms with van der Waals surface area (Å²) in [4.78, 5) is 10.2. The molecule has 1 aliphatic heterocycles. The van der Waals surface area contributed by atoms with Crippen molar-refractivity contribution in [3.63, 3.8) is 0 Å². The van der Waals surface area contributed by atoms with E-state index in [1.165, 1.54) is 0 Å². The zero-order valence-corrected chi connectivity index (χ0v) is 16.2. The number of hydrogen-bond acceptors (Lipinski definition) is 7. The largest absolute Gasteiger partial charge is 0.486 e. The summed E-state index contributed by atoms with van der Waals surface area (Å²) in [7, 11) is -0.350. The molecule has 0 amide bonds.